The number of para-hydroxylation sites is 1. The van der Waals surface area contributed by atoms with Crippen molar-refractivity contribution < 1.29 is 13.9 Å². The average Bonchev–Trinajstić information content (AvgIpc) is 3.02. The molecule has 1 N–H and O–H groups in total. The second kappa shape index (κ2) is 7.08. The van der Waals surface area contributed by atoms with Crippen molar-refractivity contribution in [2.75, 3.05) is 7.11 Å². The summed E-state index contributed by atoms with van der Waals surface area (Å²) in [6.45, 7) is 1.65. The molecule has 0 atom stereocenters. The van der Waals surface area contributed by atoms with Crippen LogP contribution >= 0.6 is 0 Å². The molecule has 1 heterocycles. The predicted molar refractivity (Wildman–Crippen MR) is 90.8 cm³/mol. The van der Waals surface area contributed by atoms with Gasteiger partial charge in [-0.2, -0.15) is 5.10 Å². The van der Waals surface area contributed by atoms with Crippen molar-refractivity contribution in [1.29, 1.82) is 0 Å². The molecule has 0 radical (unpaired) electrons. The van der Waals surface area contributed by atoms with E-state index in [-0.39, 0.29) is 18.2 Å². The summed E-state index contributed by atoms with van der Waals surface area (Å²) in [4.78, 5) is 12.1. The Balaban J connectivity index is 1.68. The van der Waals surface area contributed by atoms with Crippen LogP contribution < -0.4 is 10.2 Å². The highest BCUT2D eigenvalue weighted by Gasteiger charge is 2.09. The number of benzene rings is 2. The lowest BCUT2D eigenvalue weighted by molar-refractivity contribution is -0.121. The lowest BCUT2D eigenvalue weighted by Gasteiger charge is -2.06. The van der Waals surface area contributed by atoms with Crippen LogP contribution in [0.4, 0.5) is 4.39 Å². The molecular formula is C17H16FN5O2. The first-order valence-corrected chi connectivity index (χ1v) is 7.54. The number of amides is 1. The van der Waals surface area contributed by atoms with Crippen molar-refractivity contribution in [3.05, 3.63) is 53.8 Å². The maximum absolute atomic E-state index is 13.7. The number of carbonyl (C=O) groups excluding carboxylic acids is 1. The van der Waals surface area contributed by atoms with Crippen LogP contribution in [0, 0.1) is 5.82 Å². The maximum atomic E-state index is 13.7. The van der Waals surface area contributed by atoms with E-state index in [1.165, 1.54) is 23.9 Å². The van der Waals surface area contributed by atoms with Crippen molar-refractivity contribution in [1.82, 2.24) is 20.4 Å². The zero-order chi connectivity index (χ0) is 17.8. The molecule has 0 spiro atoms. The number of halogens is 1. The van der Waals surface area contributed by atoms with Gasteiger partial charge in [0.15, 0.2) is 11.6 Å². The first kappa shape index (κ1) is 16.6. The highest BCUT2D eigenvalue weighted by molar-refractivity contribution is 5.99. The molecule has 3 aromatic rings. The fourth-order valence-corrected chi connectivity index (χ4v) is 2.31. The largest absolute Gasteiger partial charge is 0.494 e. The van der Waals surface area contributed by atoms with Crippen molar-refractivity contribution >= 4 is 22.7 Å². The Morgan fingerprint density at radius 3 is 2.88 bits per heavy atom. The molecule has 0 saturated heterocycles. The Hall–Kier alpha value is -3.29. The molecule has 0 aliphatic heterocycles. The van der Waals surface area contributed by atoms with Gasteiger partial charge in [-0.15, -0.1) is 5.10 Å². The second-order valence-corrected chi connectivity index (χ2v) is 5.32. The molecule has 0 unspecified atom stereocenters. The van der Waals surface area contributed by atoms with Gasteiger partial charge >= 0.3 is 0 Å². The summed E-state index contributed by atoms with van der Waals surface area (Å²) >= 11 is 0. The number of ether oxygens (including phenoxy) is 1. The number of hydrazone groups is 1. The molecule has 1 amide bonds. The molecule has 8 heteroatoms. The van der Waals surface area contributed by atoms with E-state index >= 15 is 0 Å². The lowest BCUT2D eigenvalue weighted by atomic mass is 10.1. The summed E-state index contributed by atoms with van der Waals surface area (Å²) < 4.78 is 20.1. The molecule has 7 nitrogen and oxygen atoms in total. The van der Waals surface area contributed by atoms with Crippen LogP contribution in [0.15, 0.2) is 47.6 Å². The van der Waals surface area contributed by atoms with Crippen LogP contribution in [-0.2, 0) is 11.3 Å². The number of methoxy groups -OCH3 is 1. The smallest absolute Gasteiger partial charge is 0.261 e. The summed E-state index contributed by atoms with van der Waals surface area (Å²) in [7, 11) is 1.40. The second-order valence-electron chi connectivity index (χ2n) is 5.32. The van der Waals surface area contributed by atoms with Gasteiger partial charge in [0, 0.05) is 5.56 Å². The Kier molecular flexibility index (Phi) is 4.69. The first-order valence-electron chi connectivity index (χ1n) is 7.54. The van der Waals surface area contributed by atoms with E-state index in [0.29, 0.717) is 16.8 Å². The normalized spacial score (nSPS) is 11.6. The molecule has 0 aliphatic carbocycles. The Labute approximate surface area is 143 Å². The summed E-state index contributed by atoms with van der Waals surface area (Å²) in [5, 5.41) is 11.9. The molecule has 0 saturated carbocycles. The molecule has 1 aromatic heterocycles. The van der Waals surface area contributed by atoms with E-state index < -0.39 is 5.82 Å². The summed E-state index contributed by atoms with van der Waals surface area (Å²) in [6, 6.07) is 11.8. The number of fused-ring (bicyclic) bond motifs is 1. The third kappa shape index (κ3) is 3.63. The van der Waals surface area contributed by atoms with E-state index in [9.17, 15) is 9.18 Å². The number of nitrogens with one attached hydrogen (secondary N) is 1. The molecule has 2 aromatic carbocycles. The summed E-state index contributed by atoms with van der Waals surface area (Å²) in [5.41, 5.74) is 4.93. The summed E-state index contributed by atoms with van der Waals surface area (Å²) in [5.74, 6) is -0.697. The number of hydrogen-bond acceptors (Lipinski definition) is 5. The van der Waals surface area contributed by atoms with Gasteiger partial charge in [0.25, 0.3) is 5.91 Å². The van der Waals surface area contributed by atoms with Crippen LogP contribution in [0.25, 0.3) is 11.0 Å². The van der Waals surface area contributed by atoms with E-state index in [0.717, 1.165) is 5.52 Å². The van der Waals surface area contributed by atoms with E-state index in [1.54, 1.807) is 13.0 Å². The molecule has 0 bridgehead atoms. The van der Waals surface area contributed by atoms with Crippen LogP contribution in [0.5, 0.6) is 5.75 Å². The number of aromatic nitrogens is 3. The van der Waals surface area contributed by atoms with Gasteiger partial charge in [-0.25, -0.2) is 14.5 Å². The fraction of sp³-hybridized carbons (Fsp3) is 0.176. The van der Waals surface area contributed by atoms with Gasteiger partial charge < -0.3 is 4.74 Å². The van der Waals surface area contributed by atoms with Gasteiger partial charge in [-0.3, -0.25) is 4.79 Å². The van der Waals surface area contributed by atoms with Gasteiger partial charge in [-0.05, 0) is 37.3 Å². The van der Waals surface area contributed by atoms with Gasteiger partial charge in [0.1, 0.15) is 12.1 Å². The highest BCUT2D eigenvalue weighted by atomic mass is 19.1. The Bertz CT molecular complexity index is 951. The minimum Gasteiger partial charge on any atom is -0.494 e. The maximum Gasteiger partial charge on any atom is 0.261 e. The van der Waals surface area contributed by atoms with Gasteiger partial charge in [0.05, 0.1) is 18.3 Å². The van der Waals surface area contributed by atoms with Crippen LogP contribution in [-0.4, -0.2) is 33.7 Å². The monoisotopic (exact) mass is 341 g/mol. The quantitative estimate of drug-likeness (QED) is 0.569. The topological polar surface area (TPSA) is 81.4 Å². The molecule has 128 valence electrons. The Morgan fingerprint density at radius 1 is 1.32 bits per heavy atom. The van der Waals surface area contributed by atoms with Crippen LogP contribution in [0.1, 0.15) is 12.5 Å². The first-order chi connectivity index (χ1) is 12.1. The van der Waals surface area contributed by atoms with Gasteiger partial charge in [0.2, 0.25) is 0 Å². The van der Waals surface area contributed by atoms with Crippen molar-refractivity contribution in [3.8, 4) is 5.75 Å². The van der Waals surface area contributed by atoms with Crippen molar-refractivity contribution in [2.45, 2.75) is 13.5 Å². The van der Waals surface area contributed by atoms with Gasteiger partial charge in [-0.1, -0.05) is 17.3 Å². The third-order valence-electron chi connectivity index (χ3n) is 3.63. The van der Waals surface area contributed by atoms with Crippen LogP contribution in [0.2, 0.25) is 0 Å². The summed E-state index contributed by atoms with van der Waals surface area (Å²) in [6.07, 6.45) is 0. The third-order valence-corrected chi connectivity index (χ3v) is 3.63. The number of hydrogen-bond donors (Lipinski definition) is 1. The SMILES string of the molecule is COc1ccc(/C(C)=N\NC(=O)Cn2nnc3ccccc32)cc1F. The van der Waals surface area contributed by atoms with E-state index in [4.69, 9.17) is 4.74 Å². The predicted octanol–water partition coefficient (Wildman–Crippen LogP) is 2.12. The Morgan fingerprint density at radius 2 is 2.12 bits per heavy atom. The zero-order valence-electron chi connectivity index (χ0n) is 13.7. The van der Waals surface area contributed by atoms with Crippen LogP contribution in [0.3, 0.4) is 0 Å². The molecule has 0 aliphatic rings. The van der Waals surface area contributed by atoms with Crippen molar-refractivity contribution in [3.63, 3.8) is 0 Å². The number of rotatable bonds is 5. The van der Waals surface area contributed by atoms with Crippen molar-refractivity contribution in [2.24, 2.45) is 5.10 Å². The number of carbonyl (C=O) groups is 1. The minimum atomic E-state index is -0.491. The molecule has 25 heavy (non-hydrogen) atoms. The zero-order valence-corrected chi connectivity index (χ0v) is 13.7. The van der Waals surface area contributed by atoms with E-state index in [1.807, 2.05) is 24.3 Å². The molecular weight excluding hydrogens is 325 g/mol. The highest BCUT2D eigenvalue weighted by Crippen LogP contribution is 2.18. The number of nitrogens with zero attached hydrogens (tertiary/aromatic N) is 4. The molecule has 3 rings (SSSR count). The lowest BCUT2D eigenvalue weighted by Crippen LogP contribution is -2.24. The van der Waals surface area contributed by atoms with E-state index in [2.05, 4.69) is 20.8 Å². The average molecular weight is 341 g/mol. The minimum absolute atomic E-state index is 0.0196. The molecule has 0 fully saturated rings. The fourth-order valence-electron chi connectivity index (χ4n) is 2.31. The standard InChI is InChI=1S/C17H16FN5O2/c1-11(12-7-8-16(25-2)13(18)9-12)19-21-17(24)10-23-15-6-4-3-5-14(15)20-22-23/h3-9H,10H2,1-2H3,(H,21,24)/b19-11-.